The number of nitrogens with zero attached hydrogens (tertiary/aromatic N) is 1. The van der Waals surface area contributed by atoms with Crippen LogP contribution in [0.4, 0.5) is 10.1 Å². The fraction of sp³-hybridized carbons (Fsp3) is 0.222. The highest BCUT2D eigenvalue weighted by atomic mass is 31.2. The maximum absolute atomic E-state index is 13.0. The smallest absolute Gasteiger partial charge is 0.321 e. The Hall–Kier alpha value is -1.21. The lowest BCUT2D eigenvalue weighted by Gasteiger charge is -2.11. The Morgan fingerprint density at radius 3 is 2.80 bits per heavy atom. The Morgan fingerprint density at radius 1 is 1.60 bits per heavy atom. The summed E-state index contributed by atoms with van der Waals surface area (Å²) in [5, 5.41) is -0.199. The van der Waals surface area contributed by atoms with Gasteiger partial charge >= 0.3 is 7.60 Å². The molecule has 4 nitrogen and oxygen atoms in total. The summed E-state index contributed by atoms with van der Waals surface area (Å²) in [7, 11) is -4.00. The fourth-order valence-corrected chi connectivity index (χ4v) is 2.12. The first-order chi connectivity index (χ1) is 6.99. The highest BCUT2D eigenvalue weighted by molar-refractivity contribution is 7.61. The Morgan fingerprint density at radius 2 is 2.27 bits per heavy atom. The van der Waals surface area contributed by atoms with Crippen LogP contribution in [0.25, 0.3) is 4.85 Å². The van der Waals surface area contributed by atoms with Crippen LogP contribution in [0.2, 0.25) is 0 Å². The van der Waals surface area contributed by atoms with Crippen molar-refractivity contribution in [2.24, 2.45) is 0 Å². The van der Waals surface area contributed by atoms with Crippen LogP contribution in [-0.2, 0) is 9.09 Å². The first-order valence-corrected chi connectivity index (χ1v) is 5.73. The zero-order valence-corrected chi connectivity index (χ0v) is 8.87. The van der Waals surface area contributed by atoms with E-state index in [2.05, 4.69) is 9.37 Å². The molecule has 0 bridgehead atoms. The summed E-state index contributed by atoms with van der Waals surface area (Å²) >= 11 is 0. The summed E-state index contributed by atoms with van der Waals surface area (Å²) in [4.78, 5) is 12.4. The van der Waals surface area contributed by atoms with E-state index in [1.54, 1.807) is 6.92 Å². The molecule has 0 radical (unpaired) electrons. The molecule has 15 heavy (non-hydrogen) atoms. The fourth-order valence-electron chi connectivity index (χ4n) is 1.04. The molecule has 0 saturated heterocycles. The average Bonchev–Trinajstić information content (AvgIpc) is 2.16. The van der Waals surface area contributed by atoms with Crippen LogP contribution >= 0.6 is 7.60 Å². The second-order valence-electron chi connectivity index (χ2n) is 2.72. The number of hydrogen-bond donors (Lipinski definition) is 1. The average molecular weight is 229 g/mol. The van der Waals surface area contributed by atoms with E-state index >= 15 is 0 Å². The van der Waals surface area contributed by atoms with Crippen LogP contribution < -0.4 is 5.30 Å². The minimum atomic E-state index is -4.00. The van der Waals surface area contributed by atoms with Crippen LogP contribution in [0.15, 0.2) is 18.2 Å². The Balaban J connectivity index is 3.21. The van der Waals surface area contributed by atoms with Crippen molar-refractivity contribution in [3.8, 4) is 0 Å². The van der Waals surface area contributed by atoms with Gasteiger partial charge in [-0.15, -0.1) is 0 Å². The van der Waals surface area contributed by atoms with Gasteiger partial charge in [0.15, 0.2) is 5.69 Å². The minimum absolute atomic E-state index is 0.0287. The zero-order valence-electron chi connectivity index (χ0n) is 7.98. The van der Waals surface area contributed by atoms with Gasteiger partial charge < -0.3 is 9.42 Å². The molecule has 0 saturated carbocycles. The molecule has 0 spiro atoms. The Kier molecular flexibility index (Phi) is 3.59. The third-order valence-corrected chi connectivity index (χ3v) is 3.15. The molecule has 1 N–H and O–H groups in total. The predicted octanol–water partition coefficient (Wildman–Crippen LogP) is 2.22. The van der Waals surface area contributed by atoms with E-state index in [-0.39, 0.29) is 17.6 Å². The largest absolute Gasteiger partial charge is 0.357 e. The third-order valence-electron chi connectivity index (χ3n) is 1.63. The topological polar surface area (TPSA) is 50.9 Å². The molecule has 0 heterocycles. The molecule has 1 rings (SSSR count). The molecule has 0 amide bonds. The summed E-state index contributed by atoms with van der Waals surface area (Å²) in [5.41, 5.74) is -0.0287. The Labute approximate surface area is 86.7 Å². The highest BCUT2D eigenvalue weighted by Gasteiger charge is 2.23. The lowest BCUT2D eigenvalue weighted by atomic mass is 10.3. The van der Waals surface area contributed by atoms with E-state index in [1.807, 2.05) is 0 Å². The molecule has 0 aliphatic heterocycles. The second kappa shape index (κ2) is 4.54. The first kappa shape index (κ1) is 11.9. The zero-order chi connectivity index (χ0) is 11.5. The third kappa shape index (κ3) is 2.87. The Bertz CT molecular complexity index is 455. The standard InChI is InChI=1S/C9H9FNO3P/c1-3-14-15(12,13)9-5-7(10)4-8(6-9)11-2/h4-6H,3H2,1H3,(H,12,13). The number of halogens is 1. The second-order valence-corrected chi connectivity index (χ2v) is 4.53. The maximum Gasteiger partial charge on any atom is 0.357 e. The normalized spacial score (nSPS) is 14.3. The SMILES string of the molecule is [C-]#[N+]c1cc(F)cc(P(=O)(O)OCC)c1. The summed E-state index contributed by atoms with van der Waals surface area (Å²) < 4.78 is 29.1. The van der Waals surface area contributed by atoms with Gasteiger partial charge in [0.05, 0.1) is 18.5 Å². The van der Waals surface area contributed by atoms with Gasteiger partial charge in [0.1, 0.15) is 5.82 Å². The molecule has 0 aliphatic rings. The van der Waals surface area contributed by atoms with E-state index in [0.717, 1.165) is 18.2 Å². The van der Waals surface area contributed by atoms with E-state index in [9.17, 15) is 13.8 Å². The predicted molar refractivity (Wildman–Crippen MR) is 53.7 cm³/mol. The van der Waals surface area contributed by atoms with Crippen LogP contribution in [0.5, 0.6) is 0 Å². The van der Waals surface area contributed by atoms with E-state index < -0.39 is 13.4 Å². The van der Waals surface area contributed by atoms with Crippen molar-refractivity contribution in [2.45, 2.75) is 6.92 Å². The molecular weight excluding hydrogens is 220 g/mol. The van der Waals surface area contributed by atoms with Crippen molar-refractivity contribution in [3.63, 3.8) is 0 Å². The summed E-state index contributed by atoms with van der Waals surface area (Å²) in [6.07, 6.45) is 0. The molecule has 0 aromatic heterocycles. The number of hydrogen-bond acceptors (Lipinski definition) is 2. The summed E-state index contributed by atoms with van der Waals surface area (Å²) in [6, 6.07) is 3.03. The van der Waals surface area contributed by atoms with Gasteiger partial charge in [-0.25, -0.2) is 9.24 Å². The van der Waals surface area contributed by atoms with Crippen molar-refractivity contribution < 1.29 is 18.4 Å². The van der Waals surface area contributed by atoms with Gasteiger partial charge in [0.25, 0.3) is 0 Å². The number of benzene rings is 1. The molecule has 1 aromatic carbocycles. The molecule has 1 unspecified atom stereocenters. The van der Waals surface area contributed by atoms with Crippen molar-refractivity contribution in [1.82, 2.24) is 0 Å². The van der Waals surface area contributed by atoms with Crippen LogP contribution in [0.3, 0.4) is 0 Å². The molecule has 6 heteroatoms. The van der Waals surface area contributed by atoms with Crippen molar-refractivity contribution >= 4 is 18.6 Å². The van der Waals surface area contributed by atoms with Gasteiger partial charge in [0, 0.05) is 0 Å². The van der Waals surface area contributed by atoms with Gasteiger partial charge in [-0.3, -0.25) is 4.57 Å². The van der Waals surface area contributed by atoms with E-state index in [0.29, 0.717) is 0 Å². The maximum atomic E-state index is 13.0. The molecular formula is C9H9FNO3P. The van der Waals surface area contributed by atoms with Crippen LogP contribution in [0, 0.1) is 12.4 Å². The highest BCUT2D eigenvalue weighted by Crippen LogP contribution is 2.41. The molecule has 1 aromatic rings. The monoisotopic (exact) mass is 229 g/mol. The van der Waals surface area contributed by atoms with Crippen molar-refractivity contribution in [2.75, 3.05) is 6.61 Å². The minimum Gasteiger partial charge on any atom is -0.321 e. The van der Waals surface area contributed by atoms with Gasteiger partial charge in [-0.1, -0.05) is 0 Å². The lowest BCUT2D eigenvalue weighted by molar-refractivity contribution is 0.284. The lowest BCUT2D eigenvalue weighted by Crippen LogP contribution is -2.07. The van der Waals surface area contributed by atoms with Crippen LogP contribution in [0.1, 0.15) is 6.92 Å². The van der Waals surface area contributed by atoms with Gasteiger partial charge in [-0.2, -0.15) is 0 Å². The molecule has 1 atom stereocenters. The van der Waals surface area contributed by atoms with Crippen LogP contribution in [-0.4, -0.2) is 11.5 Å². The number of rotatable bonds is 3. The first-order valence-electron chi connectivity index (χ1n) is 4.15. The van der Waals surface area contributed by atoms with E-state index in [1.165, 1.54) is 0 Å². The summed E-state index contributed by atoms with van der Waals surface area (Å²) in [6.45, 7) is 8.28. The van der Waals surface area contributed by atoms with Crippen molar-refractivity contribution in [3.05, 3.63) is 35.4 Å². The summed E-state index contributed by atoms with van der Waals surface area (Å²) in [5.74, 6) is -0.729. The van der Waals surface area contributed by atoms with Gasteiger partial charge in [-0.05, 0) is 25.1 Å². The van der Waals surface area contributed by atoms with Crippen molar-refractivity contribution in [1.29, 1.82) is 0 Å². The molecule has 80 valence electrons. The molecule has 0 fully saturated rings. The quantitative estimate of drug-likeness (QED) is 0.638. The van der Waals surface area contributed by atoms with E-state index in [4.69, 9.17) is 6.57 Å². The van der Waals surface area contributed by atoms with Gasteiger partial charge in [0.2, 0.25) is 0 Å². The molecule has 0 aliphatic carbocycles.